The standard InChI is InChI=1S/C7H8O3S.C5H6F2N2/c1-6-2-4-7(5-3-6)11(8,9)10;6-5(7)1-4(2-8)9-3-5/h2-5H,1H3,(H,8,9,10);4,9H,1,3H2/t;4-/m.0/s1. The van der Waals surface area contributed by atoms with Gasteiger partial charge in [-0.1, -0.05) is 17.7 Å². The van der Waals surface area contributed by atoms with E-state index in [0.717, 1.165) is 5.56 Å². The van der Waals surface area contributed by atoms with Crippen molar-refractivity contribution in [1.29, 1.82) is 5.26 Å². The van der Waals surface area contributed by atoms with Crippen LogP contribution in [0.2, 0.25) is 0 Å². The van der Waals surface area contributed by atoms with Crippen molar-refractivity contribution >= 4 is 10.1 Å². The topological polar surface area (TPSA) is 90.2 Å². The van der Waals surface area contributed by atoms with E-state index >= 15 is 0 Å². The van der Waals surface area contributed by atoms with E-state index in [0.29, 0.717) is 0 Å². The Bertz CT molecular complexity index is 594. The Morgan fingerprint density at radius 2 is 1.95 bits per heavy atom. The number of nitrogens with one attached hydrogen (secondary N) is 1. The third-order valence-electron chi connectivity index (χ3n) is 2.58. The highest BCUT2D eigenvalue weighted by Gasteiger charge is 2.39. The Morgan fingerprint density at radius 1 is 1.40 bits per heavy atom. The van der Waals surface area contributed by atoms with Crippen LogP contribution in [0.25, 0.3) is 0 Å². The first-order valence-electron chi connectivity index (χ1n) is 5.69. The second-order valence-electron chi connectivity index (χ2n) is 4.41. The lowest BCUT2D eigenvalue weighted by atomic mass is 10.2. The van der Waals surface area contributed by atoms with Crippen molar-refractivity contribution in [3.05, 3.63) is 29.8 Å². The summed E-state index contributed by atoms with van der Waals surface area (Å²) in [6.45, 7) is 1.49. The average Bonchev–Trinajstić information content (AvgIpc) is 2.69. The van der Waals surface area contributed by atoms with Crippen molar-refractivity contribution in [3.8, 4) is 6.07 Å². The smallest absolute Gasteiger partial charge is 0.294 e. The molecule has 2 rings (SSSR count). The molecule has 110 valence electrons. The second-order valence-corrected chi connectivity index (χ2v) is 5.83. The lowest BCUT2D eigenvalue weighted by molar-refractivity contribution is 0.0224. The minimum atomic E-state index is -4.02. The molecule has 1 aromatic rings. The molecule has 1 aliphatic heterocycles. The van der Waals surface area contributed by atoms with Crippen LogP contribution in [0.15, 0.2) is 29.2 Å². The highest BCUT2D eigenvalue weighted by Crippen LogP contribution is 2.24. The van der Waals surface area contributed by atoms with Crippen LogP contribution >= 0.6 is 0 Å². The van der Waals surface area contributed by atoms with Gasteiger partial charge in [0.2, 0.25) is 0 Å². The predicted molar refractivity (Wildman–Crippen MR) is 68.0 cm³/mol. The molecule has 0 saturated carbocycles. The van der Waals surface area contributed by atoms with Gasteiger partial charge in [0.1, 0.15) is 6.04 Å². The van der Waals surface area contributed by atoms with Crippen LogP contribution in [-0.4, -0.2) is 31.5 Å². The van der Waals surface area contributed by atoms with Crippen LogP contribution in [0.4, 0.5) is 8.78 Å². The van der Waals surface area contributed by atoms with Crippen LogP contribution in [0.1, 0.15) is 12.0 Å². The van der Waals surface area contributed by atoms with Crippen LogP contribution in [-0.2, 0) is 10.1 Å². The van der Waals surface area contributed by atoms with Crippen molar-refractivity contribution in [2.45, 2.75) is 30.2 Å². The molecular formula is C12H14F2N2O3S. The normalized spacial score (nSPS) is 20.6. The first kappa shape index (κ1) is 16.5. The molecule has 0 aromatic heterocycles. The zero-order chi connectivity index (χ0) is 15.4. The molecule has 1 fully saturated rings. The summed E-state index contributed by atoms with van der Waals surface area (Å²) in [5.41, 5.74) is 0.956. The van der Waals surface area contributed by atoms with Crippen molar-refractivity contribution in [2.24, 2.45) is 0 Å². The molecule has 1 heterocycles. The van der Waals surface area contributed by atoms with Gasteiger partial charge in [0.15, 0.2) is 0 Å². The Balaban J connectivity index is 0.000000204. The summed E-state index contributed by atoms with van der Waals surface area (Å²) in [5.74, 6) is -2.67. The fourth-order valence-corrected chi connectivity index (χ4v) is 2.00. The van der Waals surface area contributed by atoms with E-state index in [1.165, 1.54) is 12.1 Å². The van der Waals surface area contributed by atoms with Gasteiger partial charge in [0.25, 0.3) is 16.0 Å². The SMILES string of the molecule is Cc1ccc(S(=O)(=O)O)cc1.N#C[C@@H]1CC(F)(F)CN1. The minimum Gasteiger partial charge on any atom is -0.296 e. The number of nitrogens with zero attached hydrogens (tertiary/aromatic N) is 1. The van der Waals surface area contributed by atoms with Gasteiger partial charge in [-0.25, -0.2) is 8.78 Å². The van der Waals surface area contributed by atoms with E-state index in [4.69, 9.17) is 9.81 Å². The zero-order valence-corrected chi connectivity index (χ0v) is 11.5. The lowest BCUT2D eigenvalue weighted by Gasteiger charge is -2.02. The van der Waals surface area contributed by atoms with Crippen LogP contribution < -0.4 is 5.32 Å². The number of hydrogen-bond donors (Lipinski definition) is 2. The first-order chi connectivity index (χ1) is 9.14. The molecule has 0 spiro atoms. The van der Waals surface area contributed by atoms with Gasteiger partial charge in [-0.3, -0.25) is 9.87 Å². The highest BCUT2D eigenvalue weighted by molar-refractivity contribution is 7.85. The summed E-state index contributed by atoms with van der Waals surface area (Å²) >= 11 is 0. The van der Waals surface area contributed by atoms with Crippen LogP contribution in [0.5, 0.6) is 0 Å². The number of benzene rings is 1. The molecule has 0 bridgehead atoms. The fraction of sp³-hybridized carbons (Fsp3) is 0.417. The summed E-state index contributed by atoms with van der Waals surface area (Å²) in [7, 11) is -4.02. The monoisotopic (exact) mass is 304 g/mol. The summed E-state index contributed by atoms with van der Waals surface area (Å²) < 4.78 is 53.9. The molecule has 5 nitrogen and oxygen atoms in total. The maximum Gasteiger partial charge on any atom is 0.294 e. The van der Waals surface area contributed by atoms with E-state index in [1.807, 2.05) is 6.92 Å². The number of halogens is 2. The Kier molecular flexibility index (Phi) is 5.16. The molecule has 1 atom stereocenters. The molecule has 0 aliphatic carbocycles. The van der Waals surface area contributed by atoms with Crippen LogP contribution in [0.3, 0.4) is 0 Å². The van der Waals surface area contributed by atoms with Gasteiger partial charge in [0, 0.05) is 6.42 Å². The molecule has 2 N–H and O–H groups in total. The van der Waals surface area contributed by atoms with E-state index < -0.39 is 22.1 Å². The molecule has 1 aromatic carbocycles. The molecule has 20 heavy (non-hydrogen) atoms. The molecule has 0 unspecified atom stereocenters. The van der Waals surface area contributed by atoms with Crippen molar-refractivity contribution in [3.63, 3.8) is 0 Å². The average molecular weight is 304 g/mol. The number of hydrogen-bond acceptors (Lipinski definition) is 4. The second kappa shape index (κ2) is 6.26. The number of alkyl halides is 2. The van der Waals surface area contributed by atoms with Gasteiger partial charge in [-0.05, 0) is 19.1 Å². The van der Waals surface area contributed by atoms with E-state index in [9.17, 15) is 17.2 Å². The molecule has 8 heteroatoms. The van der Waals surface area contributed by atoms with Crippen molar-refractivity contribution in [1.82, 2.24) is 5.32 Å². The third kappa shape index (κ3) is 5.21. The number of aryl methyl sites for hydroxylation is 1. The quantitative estimate of drug-likeness (QED) is 0.771. The van der Waals surface area contributed by atoms with E-state index in [2.05, 4.69) is 5.32 Å². The molecule has 0 amide bonds. The summed E-state index contributed by atoms with van der Waals surface area (Å²) in [4.78, 5) is -0.0666. The number of nitriles is 1. The molecular weight excluding hydrogens is 290 g/mol. The van der Waals surface area contributed by atoms with E-state index in [-0.39, 0.29) is 17.9 Å². The molecule has 0 radical (unpaired) electrons. The minimum absolute atomic E-state index is 0.0666. The van der Waals surface area contributed by atoms with E-state index in [1.54, 1.807) is 18.2 Å². The zero-order valence-electron chi connectivity index (χ0n) is 10.7. The molecule has 1 saturated heterocycles. The van der Waals surface area contributed by atoms with Gasteiger partial charge in [-0.2, -0.15) is 13.7 Å². The predicted octanol–water partition coefficient (Wildman–Crippen LogP) is 1.75. The van der Waals surface area contributed by atoms with Crippen molar-refractivity contribution < 1.29 is 21.8 Å². The number of rotatable bonds is 1. The van der Waals surface area contributed by atoms with Gasteiger partial charge in [-0.15, -0.1) is 0 Å². The van der Waals surface area contributed by atoms with Gasteiger partial charge in [0.05, 0.1) is 17.5 Å². The highest BCUT2D eigenvalue weighted by atomic mass is 32.2. The van der Waals surface area contributed by atoms with Gasteiger partial charge >= 0.3 is 0 Å². The third-order valence-corrected chi connectivity index (χ3v) is 3.45. The largest absolute Gasteiger partial charge is 0.296 e. The molecule has 1 aliphatic rings. The Hall–Kier alpha value is -1.56. The fourth-order valence-electron chi connectivity index (χ4n) is 1.52. The maximum absolute atomic E-state index is 12.2. The summed E-state index contributed by atoms with van der Waals surface area (Å²) in [6, 6.07) is 7.06. The first-order valence-corrected chi connectivity index (χ1v) is 7.13. The summed E-state index contributed by atoms with van der Waals surface area (Å²) in [5, 5.41) is 10.5. The Labute approximate surface area is 116 Å². The summed E-state index contributed by atoms with van der Waals surface area (Å²) in [6.07, 6.45) is -0.344. The maximum atomic E-state index is 12.2. The lowest BCUT2D eigenvalue weighted by Crippen LogP contribution is -2.21. The Morgan fingerprint density at radius 3 is 2.25 bits per heavy atom. The van der Waals surface area contributed by atoms with Gasteiger partial charge < -0.3 is 0 Å². The van der Waals surface area contributed by atoms with Crippen LogP contribution in [0, 0.1) is 18.3 Å². The van der Waals surface area contributed by atoms with Crippen molar-refractivity contribution in [2.75, 3.05) is 6.54 Å².